The van der Waals surface area contributed by atoms with Crippen LogP contribution in [0, 0.1) is 11.3 Å². The molecule has 0 radical (unpaired) electrons. The maximum absolute atomic E-state index is 11.9. The Balaban J connectivity index is 1.94. The molecule has 2 amide bonds. The van der Waals surface area contributed by atoms with Gasteiger partial charge in [0.1, 0.15) is 0 Å². The van der Waals surface area contributed by atoms with Crippen molar-refractivity contribution < 1.29 is 9.59 Å². The van der Waals surface area contributed by atoms with Crippen molar-refractivity contribution in [1.29, 1.82) is 5.26 Å². The van der Waals surface area contributed by atoms with E-state index in [9.17, 15) is 9.59 Å². The van der Waals surface area contributed by atoms with Gasteiger partial charge in [-0.05, 0) is 36.4 Å². The molecule has 0 fully saturated rings. The van der Waals surface area contributed by atoms with Gasteiger partial charge in [-0.1, -0.05) is 6.07 Å². The van der Waals surface area contributed by atoms with E-state index in [0.29, 0.717) is 22.4 Å². The number of hydrogen-bond acceptors (Lipinski definition) is 4. The van der Waals surface area contributed by atoms with Crippen molar-refractivity contribution in [3.63, 3.8) is 0 Å². The van der Waals surface area contributed by atoms with Crippen LogP contribution >= 0.6 is 0 Å². The standard InChI is InChI=1S/C16H11N3O2/c1-19-15(20)13-6-5-12(8-14(13)16(19)21)18-11-4-2-3-10(7-11)9-17/h2-8,18H,1H3. The average molecular weight is 277 g/mol. The van der Waals surface area contributed by atoms with Crippen LogP contribution in [0.25, 0.3) is 0 Å². The molecule has 0 bridgehead atoms. The Kier molecular flexibility index (Phi) is 2.92. The highest BCUT2D eigenvalue weighted by molar-refractivity contribution is 6.21. The van der Waals surface area contributed by atoms with E-state index >= 15 is 0 Å². The molecule has 0 spiro atoms. The van der Waals surface area contributed by atoms with E-state index in [1.165, 1.54) is 7.05 Å². The number of rotatable bonds is 2. The molecule has 1 aliphatic heterocycles. The number of carbonyl (C=O) groups is 2. The minimum atomic E-state index is -0.301. The molecular formula is C16H11N3O2. The first-order valence-corrected chi connectivity index (χ1v) is 6.34. The van der Waals surface area contributed by atoms with E-state index in [0.717, 1.165) is 10.6 Å². The molecule has 0 saturated heterocycles. The molecule has 0 aliphatic carbocycles. The number of benzene rings is 2. The Hall–Kier alpha value is -3.13. The zero-order chi connectivity index (χ0) is 15.0. The summed E-state index contributed by atoms with van der Waals surface area (Å²) in [5.41, 5.74) is 2.80. The van der Waals surface area contributed by atoms with Crippen LogP contribution in [0.1, 0.15) is 26.3 Å². The first kappa shape index (κ1) is 12.9. The topological polar surface area (TPSA) is 73.2 Å². The van der Waals surface area contributed by atoms with Crippen LogP contribution in [-0.4, -0.2) is 23.8 Å². The second kappa shape index (κ2) is 4.76. The minimum absolute atomic E-state index is 0.284. The number of nitriles is 1. The summed E-state index contributed by atoms with van der Waals surface area (Å²) in [5.74, 6) is -0.586. The van der Waals surface area contributed by atoms with Crippen LogP contribution in [-0.2, 0) is 0 Å². The van der Waals surface area contributed by atoms with Crippen LogP contribution in [0.5, 0.6) is 0 Å². The van der Waals surface area contributed by atoms with Gasteiger partial charge in [-0.3, -0.25) is 14.5 Å². The molecule has 1 aliphatic rings. The molecule has 0 saturated carbocycles. The third-order valence-electron chi connectivity index (χ3n) is 3.37. The molecule has 0 atom stereocenters. The first-order chi connectivity index (χ1) is 10.1. The van der Waals surface area contributed by atoms with Crippen molar-refractivity contribution in [3.05, 3.63) is 59.2 Å². The maximum atomic E-state index is 11.9. The fourth-order valence-electron chi connectivity index (χ4n) is 2.27. The van der Waals surface area contributed by atoms with Crippen molar-refractivity contribution in [3.8, 4) is 6.07 Å². The summed E-state index contributed by atoms with van der Waals surface area (Å²) in [6, 6.07) is 14.1. The molecule has 102 valence electrons. The van der Waals surface area contributed by atoms with E-state index < -0.39 is 0 Å². The average Bonchev–Trinajstić information content (AvgIpc) is 2.72. The van der Waals surface area contributed by atoms with E-state index in [-0.39, 0.29) is 11.8 Å². The summed E-state index contributed by atoms with van der Waals surface area (Å²) in [6.07, 6.45) is 0. The van der Waals surface area contributed by atoms with Crippen LogP contribution in [0.15, 0.2) is 42.5 Å². The SMILES string of the molecule is CN1C(=O)c2ccc(Nc3cccc(C#N)c3)cc2C1=O. The zero-order valence-electron chi connectivity index (χ0n) is 11.3. The van der Waals surface area contributed by atoms with Crippen molar-refractivity contribution >= 4 is 23.2 Å². The van der Waals surface area contributed by atoms with E-state index in [2.05, 4.69) is 11.4 Å². The largest absolute Gasteiger partial charge is 0.355 e. The van der Waals surface area contributed by atoms with Gasteiger partial charge in [-0.15, -0.1) is 0 Å². The molecular weight excluding hydrogens is 266 g/mol. The lowest BCUT2D eigenvalue weighted by atomic mass is 10.1. The summed E-state index contributed by atoms with van der Waals surface area (Å²) < 4.78 is 0. The molecule has 2 aromatic carbocycles. The Morgan fingerprint density at radius 2 is 1.71 bits per heavy atom. The molecule has 0 unspecified atom stereocenters. The predicted molar refractivity (Wildman–Crippen MR) is 77.3 cm³/mol. The van der Waals surface area contributed by atoms with Gasteiger partial charge in [0.05, 0.1) is 22.8 Å². The minimum Gasteiger partial charge on any atom is -0.355 e. The quantitative estimate of drug-likeness (QED) is 0.856. The van der Waals surface area contributed by atoms with E-state index in [1.54, 1.807) is 36.4 Å². The van der Waals surface area contributed by atoms with Crippen molar-refractivity contribution in [2.75, 3.05) is 12.4 Å². The van der Waals surface area contributed by atoms with Gasteiger partial charge in [0.15, 0.2) is 0 Å². The monoisotopic (exact) mass is 277 g/mol. The summed E-state index contributed by atoms with van der Waals surface area (Å²) in [4.78, 5) is 24.9. The third kappa shape index (κ3) is 2.13. The zero-order valence-corrected chi connectivity index (χ0v) is 11.3. The Labute approximate surface area is 121 Å². The smallest absolute Gasteiger partial charge is 0.261 e. The number of anilines is 2. The van der Waals surface area contributed by atoms with E-state index in [1.807, 2.05) is 6.07 Å². The highest BCUT2D eigenvalue weighted by atomic mass is 16.2. The van der Waals surface area contributed by atoms with Gasteiger partial charge in [0, 0.05) is 18.4 Å². The van der Waals surface area contributed by atoms with Gasteiger partial charge < -0.3 is 5.32 Å². The molecule has 21 heavy (non-hydrogen) atoms. The van der Waals surface area contributed by atoms with Gasteiger partial charge in [0.25, 0.3) is 11.8 Å². The molecule has 3 rings (SSSR count). The lowest BCUT2D eigenvalue weighted by molar-refractivity contribution is 0.0693. The highest BCUT2D eigenvalue weighted by Crippen LogP contribution is 2.26. The van der Waals surface area contributed by atoms with E-state index in [4.69, 9.17) is 5.26 Å². The Morgan fingerprint density at radius 1 is 1.00 bits per heavy atom. The summed E-state index contributed by atoms with van der Waals surface area (Å²) in [6.45, 7) is 0. The number of amides is 2. The van der Waals surface area contributed by atoms with Gasteiger partial charge in [0.2, 0.25) is 0 Å². The summed E-state index contributed by atoms with van der Waals surface area (Å²) >= 11 is 0. The lowest BCUT2D eigenvalue weighted by Crippen LogP contribution is -2.24. The van der Waals surface area contributed by atoms with Crippen LogP contribution in [0.2, 0.25) is 0 Å². The second-order valence-corrected chi connectivity index (χ2v) is 4.75. The number of hydrogen-bond donors (Lipinski definition) is 1. The normalized spacial score (nSPS) is 13.0. The van der Waals surface area contributed by atoms with Gasteiger partial charge in [-0.2, -0.15) is 5.26 Å². The summed E-state index contributed by atoms with van der Waals surface area (Å²) in [7, 11) is 1.47. The molecule has 1 N–H and O–H groups in total. The lowest BCUT2D eigenvalue weighted by Gasteiger charge is -2.07. The summed E-state index contributed by atoms with van der Waals surface area (Å²) in [5, 5.41) is 12.0. The Morgan fingerprint density at radius 3 is 2.48 bits per heavy atom. The van der Waals surface area contributed by atoms with Crippen LogP contribution < -0.4 is 5.32 Å². The number of nitrogens with zero attached hydrogens (tertiary/aromatic N) is 2. The fourth-order valence-corrected chi connectivity index (χ4v) is 2.27. The van der Waals surface area contributed by atoms with Crippen molar-refractivity contribution in [2.24, 2.45) is 0 Å². The molecule has 5 nitrogen and oxygen atoms in total. The van der Waals surface area contributed by atoms with Crippen molar-refractivity contribution in [1.82, 2.24) is 4.90 Å². The maximum Gasteiger partial charge on any atom is 0.261 e. The van der Waals surface area contributed by atoms with Crippen LogP contribution in [0.3, 0.4) is 0 Å². The van der Waals surface area contributed by atoms with Crippen molar-refractivity contribution in [2.45, 2.75) is 0 Å². The first-order valence-electron chi connectivity index (χ1n) is 6.34. The van der Waals surface area contributed by atoms with Crippen LogP contribution in [0.4, 0.5) is 11.4 Å². The molecule has 2 aromatic rings. The number of fused-ring (bicyclic) bond motifs is 1. The van der Waals surface area contributed by atoms with Gasteiger partial charge in [-0.25, -0.2) is 0 Å². The highest BCUT2D eigenvalue weighted by Gasteiger charge is 2.32. The molecule has 0 aromatic heterocycles. The fraction of sp³-hybridized carbons (Fsp3) is 0.0625. The van der Waals surface area contributed by atoms with Gasteiger partial charge >= 0.3 is 0 Å². The predicted octanol–water partition coefficient (Wildman–Crippen LogP) is 2.53. The number of nitrogens with one attached hydrogen (secondary N) is 1. The second-order valence-electron chi connectivity index (χ2n) is 4.75. The molecule has 1 heterocycles. The third-order valence-corrected chi connectivity index (χ3v) is 3.37. The molecule has 5 heteroatoms. The Bertz CT molecular complexity index is 805. The number of carbonyl (C=O) groups excluding carboxylic acids is 2. The number of imide groups is 1.